The first-order chi connectivity index (χ1) is 15.9. The van der Waals surface area contributed by atoms with Crippen molar-refractivity contribution in [1.82, 2.24) is 25.1 Å². The molecule has 0 spiro atoms. The van der Waals surface area contributed by atoms with Crippen molar-refractivity contribution in [3.8, 4) is 22.8 Å². The molecule has 11 heteroatoms. The van der Waals surface area contributed by atoms with Crippen LogP contribution in [0.2, 0.25) is 0 Å². The minimum Gasteiger partial charge on any atom is -0.458 e. The average molecular weight is 483 g/mol. The van der Waals surface area contributed by atoms with Crippen molar-refractivity contribution >= 4 is 40.5 Å². The van der Waals surface area contributed by atoms with Crippen LogP contribution in [0.4, 0.5) is 5.13 Å². The topological polar surface area (TPSA) is 118 Å². The number of aromatic nitrogens is 4. The molecule has 0 aliphatic rings. The van der Waals surface area contributed by atoms with E-state index in [-0.39, 0.29) is 18.2 Å². The van der Waals surface area contributed by atoms with Gasteiger partial charge in [-0.3, -0.25) is 19.3 Å². The van der Waals surface area contributed by atoms with Crippen LogP contribution in [0.3, 0.4) is 0 Å². The molecule has 0 aliphatic carbocycles. The highest BCUT2D eigenvalue weighted by Crippen LogP contribution is 2.27. The van der Waals surface area contributed by atoms with Gasteiger partial charge >= 0.3 is 0 Å². The molecule has 9 nitrogen and oxygen atoms in total. The number of aromatic amines is 1. The number of anilines is 1. The van der Waals surface area contributed by atoms with Crippen molar-refractivity contribution in [2.75, 3.05) is 5.32 Å². The summed E-state index contributed by atoms with van der Waals surface area (Å²) in [6, 6.07) is 11.5. The molecule has 0 atom stereocenters. The Bertz CT molecular complexity index is 1330. The van der Waals surface area contributed by atoms with Crippen molar-refractivity contribution in [3.05, 3.63) is 57.9 Å². The largest absolute Gasteiger partial charge is 0.458 e. The number of amides is 2. The van der Waals surface area contributed by atoms with E-state index in [4.69, 9.17) is 16.6 Å². The second kappa shape index (κ2) is 9.92. The zero-order valence-electron chi connectivity index (χ0n) is 18.0. The molecule has 33 heavy (non-hydrogen) atoms. The fraction of sp³-hybridized carbons (Fsp3) is 0.227. The van der Waals surface area contributed by atoms with Crippen molar-refractivity contribution in [2.45, 2.75) is 33.4 Å². The van der Waals surface area contributed by atoms with E-state index in [9.17, 15) is 9.59 Å². The third kappa shape index (κ3) is 5.62. The molecule has 0 unspecified atom stereocenters. The first-order valence-corrected chi connectivity index (χ1v) is 11.5. The molecule has 3 N–H and O–H groups in total. The van der Waals surface area contributed by atoms with Gasteiger partial charge in [-0.25, -0.2) is 4.98 Å². The third-order valence-corrected chi connectivity index (χ3v) is 5.88. The zero-order valence-corrected chi connectivity index (χ0v) is 19.7. The van der Waals surface area contributed by atoms with E-state index >= 15 is 0 Å². The summed E-state index contributed by atoms with van der Waals surface area (Å²) >= 11 is 6.65. The molecule has 3 heterocycles. The number of thiazole rings is 1. The number of carbonyl (C=O) groups excluding carboxylic acids is 2. The predicted molar refractivity (Wildman–Crippen MR) is 128 cm³/mol. The van der Waals surface area contributed by atoms with Gasteiger partial charge in [-0.15, -0.1) is 11.3 Å². The summed E-state index contributed by atoms with van der Waals surface area (Å²) < 4.78 is 7.97. The Hall–Kier alpha value is -3.57. The molecule has 0 bridgehead atoms. The third-order valence-electron chi connectivity index (χ3n) is 4.81. The molecule has 0 saturated heterocycles. The molecular formula is C22H22N6O3S2. The molecular weight excluding hydrogens is 460 g/mol. The van der Waals surface area contributed by atoms with Gasteiger partial charge in [0.1, 0.15) is 11.5 Å². The highest BCUT2D eigenvalue weighted by atomic mass is 32.1. The minimum absolute atomic E-state index is 0.130. The van der Waals surface area contributed by atoms with E-state index in [2.05, 4.69) is 25.8 Å². The number of nitrogens with one attached hydrogen (secondary N) is 3. The highest BCUT2D eigenvalue weighted by molar-refractivity contribution is 7.71. The maximum atomic E-state index is 12.5. The normalized spacial score (nSPS) is 10.8. The number of hydrogen-bond acceptors (Lipinski definition) is 7. The zero-order chi connectivity index (χ0) is 23.4. The van der Waals surface area contributed by atoms with Crippen molar-refractivity contribution < 1.29 is 14.0 Å². The van der Waals surface area contributed by atoms with E-state index in [1.54, 1.807) is 17.5 Å². The van der Waals surface area contributed by atoms with E-state index in [0.29, 0.717) is 46.0 Å². The Balaban J connectivity index is 1.37. The molecule has 0 saturated carbocycles. The summed E-state index contributed by atoms with van der Waals surface area (Å²) in [6.45, 7) is 4.16. The van der Waals surface area contributed by atoms with E-state index in [0.717, 1.165) is 11.1 Å². The number of furan rings is 1. The van der Waals surface area contributed by atoms with Crippen molar-refractivity contribution in [2.24, 2.45) is 0 Å². The summed E-state index contributed by atoms with van der Waals surface area (Å²) in [5, 5.41) is 14.9. The van der Waals surface area contributed by atoms with Gasteiger partial charge in [-0.2, -0.15) is 5.10 Å². The van der Waals surface area contributed by atoms with Crippen molar-refractivity contribution in [3.63, 3.8) is 0 Å². The van der Waals surface area contributed by atoms with Crippen LogP contribution in [-0.2, 0) is 22.7 Å². The molecule has 3 aromatic heterocycles. The minimum atomic E-state index is -0.181. The smallest absolute Gasteiger partial charge is 0.227 e. The number of benzene rings is 1. The Morgan fingerprint density at radius 3 is 2.76 bits per heavy atom. The molecule has 2 amide bonds. The Morgan fingerprint density at radius 2 is 2.00 bits per heavy atom. The summed E-state index contributed by atoms with van der Waals surface area (Å²) in [5.74, 6) is 1.57. The lowest BCUT2D eigenvalue weighted by molar-refractivity contribution is -0.119. The summed E-state index contributed by atoms with van der Waals surface area (Å²) in [4.78, 5) is 28.0. The van der Waals surface area contributed by atoms with Gasteiger partial charge in [0.2, 0.25) is 11.8 Å². The summed E-state index contributed by atoms with van der Waals surface area (Å²) in [5.41, 5.74) is 2.69. The number of carbonyl (C=O) groups is 2. The van der Waals surface area contributed by atoms with Crippen LogP contribution in [0.5, 0.6) is 0 Å². The number of H-pyrrole nitrogens is 1. The van der Waals surface area contributed by atoms with Crippen LogP contribution >= 0.6 is 23.6 Å². The second-order valence-electron chi connectivity index (χ2n) is 7.38. The Morgan fingerprint density at radius 1 is 1.21 bits per heavy atom. The quantitative estimate of drug-likeness (QED) is 0.322. The Labute approximate surface area is 198 Å². The number of aryl methyl sites for hydroxylation is 1. The molecule has 4 aromatic rings. The van der Waals surface area contributed by atoms with Gasteiger partial charge in [0.15, 0.2) is 21.5 Å². The van der Waals surface area contributed by atoms with Crippen molar-refractivity contribution in [1.29, 1.82) is 0 Å². The van der Waals surface area contributed by atoms with Gasteiger partial charge in [0.25, 0.3) is 0 Å². The molecule has 170 valence electrons. The second-order valence-corrected chi connectivity index (χ2v) is 8.63. The maximum absolute atomic E-state index is 12.5. The molecule has 0 fully saturated rings. The molecule has 0 radical (unpaired) electrons. The van der Waals surface area contributed by atoms with Crippen LogP contribution in [0.25, 0.3) is 22.8 Å². The standard InChI is InChI=1S/C22H22N6O3S2/c1-13-3-5-15(6-4-13)20-26-27-22(32)28(20)10-9-19(30)25-21-24-17(12-33-21)18-8-7-16(31-18)11-23-14(2)29/h3-8,12H,9-11H2,1-2H3,(H,23,29)(H,27,32)(H,24,25,30). The highest BCUT2D eigenvalue weighted by Gasteiger charge is 2.14. The lowest BCUT2D eigenvalue weighted by Crippen LogP contribution is -2.18. The van der Waals surface area contributed by atoms with E-state index in [1.807, 2.05) is 35.8 Å². The number of nitrogens with zero attached hydrogens (tertiary/aromatic N) is 3. The van der Waals surface area contributed by atoms with Crippen LogP contribution in [0, 0.1) is 11.7 Å². The van der Waals surface area contributed by atoms with Gasteiger partial charge in [0, 0.05) is 30.8 Å². The predicted octanol–water partition coefficient (Wildman–Crippen LogP) is 4.30. The van der Waals surface area contributed by atoms with Gasteiger partial charge in [-0.05, 0) is 31.3 Å². The first-order valence-electron chi connectivity index (χ1n) is 10.2. The summed E-state index contributed by atoms with van der Waals surface area (Å²) in [7, 11) is 0. The SMILES string of the molecule is CC(=O)NCc1ccc(-c2csc(NC(=O)CCn3c(-c4ccc(C)cc4)n[nH]c3=S)n2)o1. The van der Waals surface area contributed by atoms with Gasteiger partial charge in [-0.1, -0.05) is 29.8 Å². The number of rotatable bonds is 8. The fourth-order valence-corrected chi connectivity index (χ4v) is 4.05. The average Bonchev–Trinajstić information content (AvgIpc) is 3.51. The fourth-order valence-electron chi connectivity index (χ4n) is 3.11. The molecule has 4 rings (SSSR count). The van der Waals surface area contributed by atoms with E-state index < -0.39 is 0 Å². The first kappa shape index (κ1) is 22.6. The van der Waals surface area contributed by atoms with Gasteiger partial charge < -0.3 is 15.1 Å². The molecule has 1 aromatic carbocycles. The summed E-state index contributed by atoms with van der Waals surface area (Å²) in [6.07, 6.45) is 0.212. The monoisotopic (exact) mass is 482 g/mol. The number of hydrogen-bond donors (Lipinski definition) is 3. The van der Waals surface area contributed by atoms with E-state index in [1.165, 1.54) is 18.3 Å². The van der Waals surface area contributed by atoms with Crippen LogP contribution < -0.4 is 10.6 Å². The van der Waals surface area contributed by atoms with Crippen LogP contribution in [-0.4, -0.2) is 31.6 Å². The lowest BCUT2D eigenvalue weighted by atomic mass is 10.1. The molecule has 0 aliphatic heterocycles. The van der Waals surface area contributed by atoms with Crippen LogP contribution in [0.15, 0.2) is 46.2 Å². The Kier molecular flexibility index (Phi) is 6.80. The maximum Gasteiger partial charge on any atom is 0.227 e. The van der Waals surface area contributed by atoms with Gasteiger partial charge in [0.05, 0.1) is 6.54 Å². The lowest BCUT2D eigenvalue weighted by Gasteiger charge is -2.07. The van der Waals surface area contributed by atoms with Crippen LogP contribution in [0.1, 0.15) is 24.7 Å².